The van der Waals surface area contributed by atoms with Gasteiger partial charge in [-0.15, -0.1) is 0 Å². The van der Waals surface area contributed by atoms with Crippen LogP contribution in [0.2, 0.25) is 0 Å². The molecular weight excluding hydrogens is 238 g/mol. The molecule has 0 aliphatic carbocycles. The molecule has 0 aliphatic heterocycles. The maximum absolute atomic E-state index is 5.22. The summed E-state index contributed by atoms with van der Waals surface area (Å²) >= 11 is 7.03. The van der Waals surface area contributed by atoms with Gasteiger partial charge in [-0.25, -0.2) is 0 Å². The van der Waals surface area contributed by atoms with Crippen molar-refractivity contribution in [2.75, 3.05) is 12.0 Å². The van der Waals surface area contributed by atoms with E-state index in [1.165, 1.54) is 0 Å². The molecule has 0 saturated carbocycles. The van der Waals surface area contributed by atoms with Gasteiger partial charge in [-0.2, -0.15) is 16.9 Å². The lowest BCUT2D eigenvalue weighted by Crippen LogP contribution is -2.02. The predicted octanol–water partition coefficient (Wildman–Crippen LogP) is 2.97. The molecule has 0 fully saturated rings. The molecule has 84 valence electrons. The minimum atomic E-state index is 0.688. The van der Waals surface area contributed by atoms with Crippen molar-refractivity contribution in [1.82, 2.24) is 14.8 Å². The van der Waals surface area contributed by atoms with Gasteiger partial charge in [0.05, 0.1) is 0 Å². The molecule has 5 heteroatoms. The fourth-order valence-electron chi connectivity index (χ4n) is 1.52. The van der Waals surface area contributed by atoms with Gasteiger partial charge in [0.15, 0.2) is 10.6 Å². The van der Waals surface area contributed by atoms with Crippen molar-refractivity contribution in [1.29, 1.82) is 0 Å². The van der Waals surface area contributed by atoms with E-state index in [2.05, 4.69) is 16.5 Å². The highest BCUT2D eigenvalue weighted by Gasteiger charge is 2.07. The van der Waals surface area contributed by atoms with Crippen LogP contribution in [0.5, 0.6) is 0 Å². The van der Waals surface area contributed by atoms with E-state index in [9.17, 15) is 0 Å². The number of aromatic amines is 1. The Balaban J connectivity index is 2.38. The summed E-state index contributed by atoms with van der Waals surface area (Å²) in [5, 5.41) is 7.13. The topological polar surface area (TPSA) is 33.6 Å². The van der Waals surface area contributed by atoms with E-state index in [0.29, 0.717) is 4.77 Å². The van der Waals surface area contributed by atoms with Gasteiger partial charge in [0.1, 0.15) is 0 Å². The van der Waals surface area contributed by atoms with E-state index in [0.717, 1.165) is 23.7 Å². The van der Waals surface area contributed by atoms with Crippen LogP contribution in [0.25, 0.3) is 11.4 Å². The summed E-state index contributed by atoms with van der Waals surface area (Å²) in [6.45, 7) is 0.890. The van der Waals surface area contributed by atoms with Gasteiger partial charge in [0, 0.05) is 17.9 Å². The van der Waals surface area contributed by atoms with Gasteiger partial charge in [-0.3, -0.25) is 9.67 Å². The molecular formula is C11H13N3S2. The third-order valence-corrected chi connectivity index (χ3v) is 3.21. The highest BCUT2D eigenvalue weighted by molar-refractivity contribution is 7.98. The summed E-state index contributed by atoms with van der Waals surface area (Å²) in [5.41, 5.74) is 1.09. The van der Waals surface area contributed by atoms with Crippen molar-refractivity contribution >= 4 is 24.0 Å². The maximum atomic E-state index is 5.22. The Morgan fingerprint density at radius 3 is 2.81 bits per heavy atom. The Morgan fingerprint density at radius 1 is 1.38 bits per heavy atom. The van der Waals surface area contributed by atoms with Gasteiger partial charge in [-0.1, -0.05) is 30.3 Å². The number of nitrogens with zero attached hydrogens (tertiary/aromatic N) is 2. The maximum Gasteiger partial charge on any atom is 0.195 e. The quantitative estimate of drug-likeness (QED) is 0.848. The molecule has 0 radical (unpaired) electrons. The zero-order valence-corrected chi connectivity index (χ0v) is 10.6. The minimum absolute atomic E-state index is 0.688. The van der Waals surface area contributed by atoms with Gasteiger partial charge < -0.3 is 0 Å². The molecule has 0 unspecified atom stereocenters. The number of hydrogen-bond donors (Lipinski definition) is 1. The summed E-state index contributed by atoms with van der Waals surface area (Å²) in [4.78, 5) is 0. The van der Waals surface area contributed by atoms with E-state index >= 15 is 0 Å². The Morgan fingerprint density at radius 2 is 2.12 bits per heavy atom. The van der Waals surface area contributed by atoms with Gasteiger partial charge >= 0.3 is 0 Å². The third kappa shape index (κ3) is 2.36. The number of H-pyrrole nitrogens is 1. The van der Waals surface area contributed by atoms with E-state index in [1.54, 1.807) is 11.8 Å². The first-order valence-corrected chi connectivity index (χ1v) is 6.82. The third-order valence-electron chi connectivity index (χ3n) is 2.31. The molecule has 0 atom stereocenters. The largest absolute Gasteiger partial charge is 0.299 e. The highest BCUT2D eigenvalue weighted by Crippen LogP contribution is 2.16. The number of aromatic nitrogens is 3. The SMILES string of the molecule is CSCCn1c(-c2ccccc2)n[nH]c1=S. The van der Waals surface area contributed by atoms with Crippen LogP contribution >= 0.6 is 24.0 Å². The molecule has 0 aliphatic rings. The standard InChI is InChI=1S/C11H13N3S2/c1-16-8-7-14-10(12-13-11(14)15)9-5-3-2-4-6-9/h2-6H,7-8H2,1H3,(H,13,15). The number of rotatable bonds is 4. The fraction of sp³-hybridized carbons (Fsp3) is 0.273. The number of nitrogens with one attached hydrogen (secondary N) is 1. The fourth-order valence-corrected chi connectivity index (χ4v) is 2.10. The summed E-state index contributed by atoms with van der Waals surface area (Å²) in [5.74, 6) is 1.95. The first-order valence-electron chi connectivity index (χ1n) is 5.02. The monoisotopic (exact) mass is 251 g/mol. The lowest BCUT2D eigenvalue weighted by atomic mass is 10.2. The number of thioether (sulfide) groups is 1. The predicted molar refractivity (Wildman–Crippen MR) is 71.2 cm³/mol. The zero-order valence-electron chi connectivity index (χ0n) is 9.01. The van der Waals surface area contributed by atoms with Crippen LogP contribution in [0.3, 0.4) is 0 Å². The first kappa shape index (κ1) is 11.4. The summed E-state index contributed by atoms with van der Waals surface area (Å²) in [6.07, 6.45) is 2.09. The number of benzene rings is 1. The van der Waals surface area contributed by atoms with Crippen LogP contribution in [0.15, 0.2) is 30.3 Å². The van der Waals surface area contributed by atoms with Crippen molar-refractivity contribution in [2.24, 2.45) is 0 Å². The summed E-state index contributed by atoms with van der Waals surface area (Å²) < 4.78 is 2.73. The minimum Gasteiger partial charge on any atom is -0.299 e. The molecule has 0 amide bonds. The van der Waals surface area contributed by atoms with Gasteiger partial charge in [0.2, 0.25) is 0 Å². The molecule has 1 heterocycles. The lowest BCUT2D eigenvalue weighted by Gasteiger charge is -2.05. The molecule has 0 spiro atoms. The van der Waals surface area contributed by atoms with Crippen LogP contribution in [-0.2, 0) is 6.54 Å². The second-order valence-electron chi connectivity index (χ2n) is 3.36. The van der Waals surface area contributed by atoms with Gasteiger partial charge in [-0.05, 0) is 18.5 Å². The molecule has 0 saturated heterocycles. The molecule has 1 aromatic heterocycles. The van der Waals surface area contributed by atoms with Crippen molar-refractivity contribution in [3.8, 4) is 11.4 Å². The van der Waals surface area contributed by atoms with E-state index in [-0.39, 0.29) is 0 Å². The smallest absolute Gasteiger partial charge is 0.195 e. The van der Waals surface area contributed by atoms with Gasteiger partial charge in [0.25, 0.3) is 0 Å². The van der Waals surface area contributed by atoms with Crippen LogP contribution < -0.4 is 0 Å². The van der Waals surface area contributed by atoms with Crippen LogP contribution in [-0.4, -0.2) is 26.8 Å². The van der Waals surface area contributed by atoms with Crippen LogP contribution in [0.1, 0.15) is 0 Å². The van der Waals surface area contributed by atoms with Crippen molar-refractivity contribution in [3.05, 3.63) is 35.1 Å². The molecule has 1 N–H and O–H groups in total. The number of hydrogen-bond acceptors (Lipinski definition) is 3. The van der Waals surface area contributed by atoms with Crippen molar-refractivity contribution in [3.63, 3.8) is 0 Å². The Labute approximate surface area is 104 Å². The van der Waals surface area contributed by atoms with E-state index in [1.807, 2.05) is 34.9 Å². The Hall–Kier alpha value is -1.07. The average molecular weight is 251 g/mol. The normalized spacial score (nSPS) is 10.6. The first-order chi connectivity index (χ1) is 7.83. The highest BCUT2D eigenvalue weighted by atomic mass is 32.2. The molecule has 2 aromatic rings. The molecule has 0 bridgehead atoms. The Kier molecular flexibility index (Phi) is 3.79. The molecule has 2 rings (SSSR count). The molecule has 16 heavy (non-hydrogen) atoms. The summed E-state index contributed by atoms with van der Waals surface area (Å²) in [7, 11) is 0. The Bertz CT molecular complexity index is 501. The van der Waals surface area contributed by atoms with Crippen LogP contribution in [0.4, 0.5) is 0 Å². The average Bonchev–Trinajstić information content (AvgIpc) is 2.69. The van der Waals surface area contributed by atoms with Crippen LogP contribution in [0, 0.1) is 4.77 Å². The van der Waals surface area contributed by atoms with Crippen molar-refractivity contribution in [2.45, 2.75) is 6.54 Å². The second-order valence-corrected chi connectivity index (χ2v) is 4.74. The van der Waals surface area contributed by atoms with E-state index < -0.39 is 0 Å². The molecule has 3 nitrogen and oxygen atoms in total. The second kappa shape index (κ2) is 5.32. The van der Waals surface area contributed by atoms with Crippen molar-refractivity contribution < 1.29 is 0 Å². The lowest BCUT2D eigenvalue weighted by molar-refractivity contribution is 0.765. The zero-order chi connectivity index (χ0) is 11.4. The summed E-state index contributed by atoms with van der Waals surface area (Å²) in [6, 6.07) is 10.1. The van der Waals surface area contributed by atoms with E-state index in [4.69, 9.17) is 12.2 Å². The molecule has 1 aromatic carbocycles.